The monoisotopic (exact) mass is 269 g/mol. The van der Waals surface area contributed by atoms with Crippen molar-refractivity contribution in [1.29, 1.82) is 0 Å². The average Bonchev–Trinajstić information content (AvgIpc) is 2.38. The molecule has 0 saturated heterocycles. The number of ketones is 1. The lowest BCUT2D eigenvalue weighted by Gasteiger charge is -2.15. The van der Waals surface area contributed by atoms with E-state index in [-0.39, 0.29) is 5.78 Å². The van der Waals surface area contributed by atoms with Crippen LogP contribution in [0.1, 0.15) is 28.4 Å². The van der Waals surface area contributed by atoms with Crippen molar-refractivity contribution >= 4 is 17.2 Å². The molecule has 0 aromatic heterocycles. The van der Waals surface area contributed by atoms with E-state index in [1.807, 2.05) is 44.2 Å². The highest BCUT2D eigenvalue weighted by molar-refractivity contribution is 5.97. The van der Waals surface area contributed by atoms with Gasteiger partial charge in [0.15, 0.2) is 5.78 Å². The molecule has 3 heteroatoms. The van der Waals surface area contributed by atoms with Gasteiger partial charge in [-0.05, 0) is 50.6 Å². The molecule has 0 heterocycles. The molecule has 0 fully saturated rings. The van der Waals surface area contributed by atoms with Crippen molar-refractivity contribution in [2.24, 2.45) is 0 Å². The highest BCUT2D eigenvalue weighted by atomic mass is 16.5. The predicted octanol–water partition coefficient (Wildman–Crippen LogP) is 4.26. The standard InChI is InChI=1S/C17H19NO2/c1-11-6-5-7-14(10-11)18-16-9-8-15(13(3)19)12(2)17(16)20-4/h5-10,18H,1-4H3. The van der Waals surface area contributed by atoms with Crippen molar-refractivity contribution < 1.29 is 9.53 Å². The van der Waals surface area contributed by atoms with E-state index in [2.05, 4.69) is 11.4 Å². The molecular formula is C17H19NO2. The third-order valence-corrected chi connectivity index (χ3v) is 3.29. The van der Waals surface area contributed by atoms with Crippen molar-refractivity contribution in [1.82, 2.24) is 0 Å². The van der Waals surface area contributed by atoms with Crippen LogP contribution in [-0.4, -0.2) is 12.9 Å². The summed E-state index contributed by atoms with van der Waals surface area (Å²) >= 11 is 0. The number of hydrogen-bond acceptors (Lipinski definition) is 3. The summed E-state index contributed by atoms with van der Waals surface area (Å²) in [5.74, 6) is 0.752. The van der Waals surface area contributed by atoms with Crippen molar-refractivity contribution in [3.8, 4) is 5.75 Å². The zero-order valence-electron chi connectivity index (χ0n) is 12.3. The zero-order chi connectivity index (χ0) is 14.7. The summed E-state index contributed by atoms with van der Waals surface area (Å²) in [5, 5.41) is 3.33. The van der Waals surface area contributed by atoms with Crippen LogP contribution in [0, 0.1) is 13.8 Å². The number of rotatable bonds is 4. The van der Waals surface area contributed by atoms with Gasteiger partial charge in [0, 0.05) is 16.8 Å². The van der Waals surface area contributed by atoms with Crippen LogP contribution in [0.2, 0.25) is 0 Å². The molecule has 0 unspecified atom stereocenters. The van der Waals surface area contributed by atoms with E-state index in [0.29, 0.717) is 11.3 Å². The van der Waals surface area contributed by atoms with Crippen molar-refractivity contribution in [3.63, 3.8) is 0 Å². The lowest BCUT2D eigenvalue weighted by Crippen LogP contribution is -2.02. The zero-order valence-corrected chi connectivity index (χ0v) is 12.3. The van der Waals surface area contributed by atoms with Gasteiger partial charge in [-0.15, -0.1) is 0 Å². The number of nitrogens with one attached hydrogen (secondary N) is 1. The van der Waals surface area contributed by atoms with Crippen molar-refractivity contribution in [3.05, 3.63) is 53.1 Å². The fraction of sp³-hybridized carbons (Fsp3) is 0.235. The van der Waals surface area contributed by atoms with Crippen LogP contribution in [0.15, 0.2) is 36.4 Å². The third kappa shape index (κ3) is 2.82. The topological polar surface area (TPSA) is 38.3 Å². The maximum Gasteiger partial charge on any atom is 0.160 e. The van der Waals surface area contributed by atoms with Crippen molar-refractivity contribution in [2.45, 2.75) is 20.8 Å². The summed E-state index contributed by atoms with van der Waals surface area (Å²) in [4.78, 5) is 11.6. The Morgan fingerprint density at radius 3 is 2.50 bits per heavy atom. The number of benzene rings is 2. The summed E-state index contributed by atoms with van der Waals surface area (Å²) in [6, 6.07) is 11.8. The Balaban J connectivity index is 2.42. The summed E-state index contributed by atoms with van der Waals surface area (Å²) in [6.07, 6.45) is 0. The normalized spacial score (nSPS) is 10.2. The number of ether oxygens (including phenoxy) is 1. The van der Waals surface area contributed by atoms with Crippen LogP contribution in [-0.2, 0) is 0 Å². The molecule has 2 rings (SSSR count). The van der Waals surface area contributed by atoms with Gasteiger partial charge in [-0.3, -0.25) is 4.79 Å². The van der Waals surface area contributed by atoms with Gasteiger partial charge in [-0.2, -0.15) is 0 Å². The minimum atomic E-state index is 0.0444. The molecule has 0 aliphatic carbocycles. The van der Waals surface area contributed by atoms with Gasteiger partial charge >= 0.3 is 0 Å². The molecule has 0 saturated carbocycles. The Bertz CT molecular complexity index is 647. The molecule has 2 aromatic rings. The highest BCUT2D eigenvalue weighted by Crippen LogP contribution is 2.33. The van der Waals surface area contributed by atoms with Crippen LogP contribution >= 0.6 is 0 Å². The Kier molecular flexibility index (Phi) is 4.08. The molecule has 0 amide bonds. The second-order valence-corrected chi connectivity index (χ2v) is 4.87. The first-order valence-corrected chi connectivity index (χ1v) is 6.55. The molecular weight excluding hydrogens is 250 g/mol. The minimum Gasteiger partial charge on any atom is -0.494 e. The average molecular weight is 269 g/mol. The molecule has 0 radical (unpaired) electrons. The molecule has 0 spiro atoms. The third-order valence-electron chi connectivity index (χ3n) is 3.29. The van der Waals surface area contributed by atoms with Gasteiger partial charge in [-0.1, -0.05) is 12.1 Å². The minimum absolute atomic E-state index is 0.0444. The van der Waals surface area contributed by atoms with Crippen LogP contribution in [0.4, 0.5) is 11.4 Å². The molecule has 0 aliphatic heterocycles. The summed E-state index contributed by atoms with van der Waals surface area (Å²) in [6.45, 7) is 5.51. The van der Waals surface area contributed by atoms with E-state index >= 15 is 0 Å². The number of methoxy groups -OCH3 is 1. The van der Waals surface area contributed by atoms with E-state index in [4.69, 9.17) is 4.74 Å². The van der Waals surface area contributed by atoms with Crippen LogP contribution in [0.25, 0.3) is 0 Å². The fourth-order valence-corrected chi connectivity index (χ4v) is 2.31. The summed E-state index contributed by atoms with van der Waals surface area (Å²) < 4.78 is 5.45. The quantitative estimate of drug-likeness (QED) is 0.843. The van der Waals surface area contributed by atoms with E-state index in [1.54, 1.807) is 14.0 Å². The predicted molar refractivity (Wildman–Crippen MR) is 82.2 cm³/mol. The van der Waals surface area contributed by atoms with Crippen molar-refractivity contribution in [2.75, 3.05) is 12.4 Å². The SMILES string of the molecule is COc1c(Nc2cccc(C)c2)ccc(C(C)=O)c1C. The van der Waals surface area contributed by atoms with Crippen LogP contribution in [0.3, 0.4) is 0 Å². The van der Waals surface area contributed by atoms with Gasteiger partial charge in [0.1, 0.15) is 5.75 Å². The Hall–Kier alpha value is -2.29. The maximum absolute atomic E-state index is 11.6. The number of hydrogen-bond donors (Lipinski definition) is 1. The number of aryl methyl sites for hydroxylation is 1. The van der Waals surface area contributed by atoms with Crippen LogP contribution in [0.5, 0.6) is 5.75 Å². The van der Waals surface area contributed by atoms with E-state index in [0.717, 1.165) is 16.9 Å². The molecule has 2 aromatic carbocycles. The van der Waals surface area contributed by atoms with E-state index in [1.165, 1.54) is 5.56 Å². The lowest BCUT2D eigenvalue weighted by molar-refractivity contribution is 0.101. The fourth-order valence-electron chi connectivity index (χ4n) is 2.31. The smallest absolute Gasteiger partial charge is 0.160 e. The maximum atomic E-state index is 11.6. The molecule has 0 aliphatic rings. The molecule has 0 atom stereocenters. The second-order valence-electron chi connectivity index (χ2n) is 4.87. The van der Waals surface area contributed by atoms with Crippen LogP contribution < -0.4 is 10.1 Å². The van der Waals surface area contributed by atoms with Gasteiger partial charge < -0.3 is 10.1 Å². The van der Waals surface area contributed by atoms with Gasteiger partial charge in [0.2, 0.25) is 0 Å². The molecule has 3 nitrogen and oxygen atoms in total. The number of anilines is 2. The largest absolute Gasteiger partial charge is 0.494 e. The second kappa shape index (κ2) is 5.78. The summed E-state index contributed by atoms with van der Waals surface area (Å²) in [7, 11) is 1.62. The molecule has 0 bridgehead atoms. The molecule has 20 heavy (non-hydrogen) atoms. The number of carbonyl (C=O) groups excluding carboxylic acids is 1. The van der Waals surface area contributed by atoms with Gasteiger partial charge in [0.05, 0.1) is 12.8 Å². The number of Topliss-reactive ketones (excluding diaryl/α,β-unsaturated/α-hetero) is 1. The first kappa shape index (κ1) is 14.1. The Labute approximate surface area is 119 Å². The highest BCUT2D eigenvalue weighted by Gasteiger charge is 2.13. The van der Waals surface area contributed by atoms with E-state index < -0.39 is 0 Å². The Morgan fingerprint density at radius 1 is 1.15 bits per heavy atom. The Morgan fingerprint density at radius 2 is 1.90 bits per heavy atom. The molecule has 104 valence electrons. The first-order chi connectivity index (χ1) is 9.52. The number of carbonyl (C=O) groups is 1. The van der Waals surface area contributed by atoms with Gasteiger partial charge in [-0.25, -0.2) is 0 Å². The first-order valence-electron chi connectivity index (χ1n) is 6.55. The summed E-state index contributed by atoms with van der Waals surface area (Å²) in [5.41, 5.74) is 4.60. The van der Waals surface area contributed by atoms with E-state index in [9.17, 15) is 4.79 Å². The molecule has 1 N–H and O–H groups in total. The lowest BCUT2D eigenvalue weighted by atomic mass is 10.0. The van der Waals surface area contributed by atoms with Gasteiger partial charge in [0.25, 0.3) is 0 Å².